The van der Waals surface area contributed by atoms with Crippen molar-refractivity contribution in [1.29, 1.82) is 0 Å². The first-order chi connectivity index (χ1) is 19.2. The molecule has 2 saturated carbocycles. The number of nitrogen functional groups attached to an aromatic ring is 1. The Morgan fingerprint density at radius 1 is 0.950 bits per heavy atom. The zero-order valence-corrected chi connectivity index (χ0v) is 25.2. The van der Waals surface area contributed by atoms with E-state index in [9.17, 15) is 14.4 Å². The van der Waals surface area contributed by atoms with E-state index in [1.165, 1.54) is 64.2 Å². The normalized spacial score (nSPS) is 25.3. The second kappa shape index (κ2) is 15.6. The highest BCUT2D eigenvalue weighted by molar-refractivity contribution is 7.51. The summed E-state index contributed by atoms with van der Waals surface area (Å²) in [5, 5.41) is 10.8. The van der Waals surface area contributed by atoms with Crippen LogP contribution in [0.2, 0.25) is 0 Å². The molecule has 3 aliphatic rings. The summed E-state index contributed by atoms with van der Waals surface area (Å²) < 4.78 is 11.3. The van der Waals surface area contributed by atoms with Gasteiger partial charge in [0.25, 0.3) is 0 Å². The van der Waals surface area contributed by atoms with Crippen LogP contribution in [0.5, 0.6) is 0 Å². The third-order valence-corrected chi connectivity index (χ3v) is 9.67. The van der Waals surface area contributed by atoms with Crippen molar-refractivity contribution < 1.29 is 14.4 Å². The van der Waals surface area contributed by atoms with Crippen molar-refractivity contribution in [3.8, 4) is 0 Å². The minimum Gasteiger partial charge on any atom is -0.368 e. The van der Waals surface area contributed by atoms with E-state index in [0.717, 1.165) is 38.1 Å². The van der Waals surface area contributed by atoms with Crippen molar-refractivity contribution in [3.05, 3.63) is 0 Å². The predicted molar refractivity (Wildman–Crippen MR) is 161 cm³/mol. The highest BCUT2D eigenvalue weighted by Crippen LogP contribution is 2.34. The van der Waals surface area contributed by atoms with Crippen LogP contribution in [0.3, 0.4) is 0 Å². The molecule has 1 saturated heterocycles. The molecule has 3 fully saturated rings. The number of rotatable bonds is 14. The summed E-state index contributed by atoms with van der Waals surface area (Å²) in [7, 11) is -4.00. The largest absolute Gasteiger partial charge is 0.368 e. The highest BCUT2D eigenvalue weighted by Gasteiger charge is 2.28. The molecule has 1 aromatic heterocycles. The average molecular weight is 582 g/mol. The van der Waals surface area contributed by atoms with E-state index >= 15 is 0 Å². The number of piperazine rings is 1. The molecular weight excluding hydrogens is 529 g/mol. The average Bonchev–Trinajstić information content (AvgIpc) is 2.93. The number of hydrogen-bond acceptors (Lipinski definition) is 10. The van der Waals surface area contributed by atoms with Gasteiger partial charge in [-0.1, -0.05) is 19.3 Å². The molecule has 1 atom stereocenters. The summed E-state index contributed by atoms with van der Waals surface area (Å²) in [6.45, 7) is 8.65. The van der Waals surface area contributed by atoms with Crippen LogP contribution in [0.1, 0.15) is 71.1 Å². The van der Waals surface area contributed by atoms with Crippen molar-refractivity contribution in [2.45, 2.75) is 83.2 Å². The maximum atomic E-state index is 11.3. The van der Waals surface area contributed by atoms with Gasteiger partial charge in [0.15, 0.2) is 0 Å². The van der Waals surface area contributed by atoms with E-state index < -0.39 is 7.60 Å². The summed E-state index contributed by atoms with van der Waals surface area (Å²) in [4.78, 5) is 35.9. The number of anilines is 3. The zero-order valence-electron chi connectivity index (χ0n) is 24.3. The Kier molecular flexibility index (Phi) is 12.2. The van der Waals surface area contributed by atoms with Gasteiger partial charge >= 0.3 is 7.60 Å². The fourth-order valence-corrected chi connectivity index (χ4v) is 6.89. The molecule has 1 aliphatic heterocycles. The fraction of sp³-hybridized carbons (Fsp3) is 0.889. The van der Waals surface area contributed by atoms with E-state index in [0.29, 0.717) is 44.0 Å². The topological polar surface area (TPSA) is 165 Å². The van der Waals surface area contributed by atoms with Gasteiger partial charge in [-0.3, -0.25) is 9.46 Å². The summed E-state index contributed by atoms with van der Waals surface area (Å²) in [6.07, 6.45) is 12.9. The van der Waals surface area contributed by atoms with Gasteiger partial charge in [-0.25, -0.2) is 0 Å². The van der Waals surface area contributed by atoms with Crippen LogP contribution in [0.4, 0.5) is 17.8 Å². The van der Waals surface area contributed by atoms with Gasteiger partial charge < -0.3 is 36.4 Å². The van der Waals surface area contributed by atoms with Gasteiger partial charge in [-0.15, -0.1) is 0 Å². The Balaban J connectivity index is 1.11. The molecule has 0 radical (unpaired) electrons. The molecule has 40 heavy (non-hydrogen) atoms. The van der Waals surface area contributed by atoms with Crippen molar-refractivity contribution in [2.24, 2.45) is 11.8 Å². The molecule has 7 N–H and O–H groups in total. The Morgan fingerprint density at radius 3 is 2.38 bits per heavy atom. The van der Waals surface area contributed by atoms with E-state index in [2.05, 4.69) is 47.6 Å². The van der Waals surface area contributed by atoms with Crippen molar-refractivity contribution in [3.63, 3.8) is 0 Å². The third kappa shape index (κ3) is 10.7. The molecule has 12 nitrogen and oxygen atoms in total. The highest BCUT2D eigenvalue weighted by atomic mass is 31.2. The Bertz CT molecular complexity index is 938. The van der Waals surface area contributed by atoms with Gasteiger partial charge in [0.05, 0.1) is 6.16 Å². The van der Waals surface area contributed by atoms with Gasteiger partial charge in [0.2, 0.25) is 17.8 Å². The van der Waals surface area contributed by atoms with Crippen LogP contribution in [0.25, 0.3) is 0 Å². The molecule has 13 heteroatoms. The van der Waals surface area contributed by atoms with E-state index in [4.69, 9.17) is 5.73 Å². The number of nitrogens with two attached hydrogens (primary N) is 1. The Morgan fingerprint density at radius 2 is 1.68 bits per heavy atom. The van der Waals surface area contributed by atoms with Gasteiger partial charge in [-0.05, 0) is 83.3 Å². The standard InChI is InChI=1S/C27H52N9O3P/c1-21-20-36(15-14-35(21)16-17-40(37,38)39)27-33-25(28)32-26(34-27)31-19-23-10-8-22(9-11-23)18-29-12-5-13-30-24-6-3-2-4-7-24/h21-24,29-30H,2-20H2,1H3,(H2,37,38,39)(H3,28,31,32,33,34). The molecule has 1 unspecified atom stereocenters. The maximum absolute atomic E-state index is 11.3. The van der Waals surface area contributed by atoms with E-state index in [-0.39, 0.29) is 18.2 Å². The first kappa shape index (κ1) is 31.4. The first-order valence-electron chi connectivity index (χ1n) is 15.5. The van der Waals surface area contributed by atoms with E-state index in [1.54, 1.807) is 0 Å². The lowest BCUT2D eigenvalue weighted by molar-refractivity contribution is 0.196. The third-order valence-electron chi connectivity index (χ3n) is 8.88. The molecule has 4 rings (SSSR count). The van der Waals surface area contributed by atoms with Gasteiger partial charge in [0, 0.05) is 44.8 Å². The first-order valence-corrected chi connectivity index (χ1v) is 17.3. The van der Waals surface area contributed by atoms with Crippen LogP contribution < -0.4 is 26.6 Å². The number of nitrogens with zero attached hydrogens (tertiary/aromatic N) is 5. The smallest absolute Gasteiger partial charge is 0.326 e. The van der Waals surface area contributed by atoms with E-state index in [1.807, 2.05) is 0 Å². The second-order valence-corrected chi connectivity index (χ2v) is 13.9. The quantitative estimate of drug-likeness (QED) is 0.140. The molecule has 228 valence electrons. The molecule has 0 aromatic carbocycles. The van der Waals surface area contributed by atoms with Crippen molar-refractivity contribution in [1.82, 2.24) is 30.5 Å². The Hall–Kier alpha value is -1.56. The maximum Gasteiger partial charge on any atom is 0.326 e. The fourth-order valence-electron chi connectivity index (χ4n) is 6.38. The van der Waals surface area contributed by atoms with Crippen LogP contribution in [0.15, 0.2) is 0 Å². The van der Waals surface area contributed by atoms with Gasteiger partial charge in [0.1, 0.15) is 0 Å². The molecule has 2 aliphatic carbocycles. The zero-order chi connectivity index (χ0) is 28.4. The number of aromatic nitrogens is 3. The van der Waals surface area contributed by atoms with Crippen LogP contribution in [0, 0.1) is 11.8 Å². The molecule has 1 aromatic rings. The predicted octanol–water partition coefficient (Wildman–Crippen LogP) is 2.26. The Labute approximate surface area is 239 Å². The SMILES string of the molecule is CC1CN(c2nc(N)nc(NCC3CCC(CNCCCNC4CCCCC4)CC3)n2)CCN1CCP(=O)(O)O. The molecule has 2 heterocycles. The van der Waals surface area contributed by atoms with Crippen LogP contribution in [-0.2, 0) is 4.57 Å². The second-order valence-electron chi connectivity index (χ2n) is 12.2. The van der Waals surface area contributed by atoms with Crippen molar-refractivity contribution in [2.75, 3.05) is 74.5 Å². The van der Waals surface area contributed by atoms with Crippen LogP contribution in [-0.4, -0.2) is 100 Å². The lowest BCUT2D eigenvalue weighted by Crippen LogP contribution is -2.53. The summed E-state index contributed by atoms with van der Waals surface area (Å²) in [5.74, 6) is 2.65. The molecule has 0 bridgehead atoms. The summed E-state index contributed by atoms with van der Waals surface area (Å²) in [6, 6.07) is 0.880. The van der Waals surface area contributed by atoms with Crippen molar-refractivity contribution >= 4 is 25.4 Å². The van der Waals surface area contributed by atoms with Gasteiger partial charge in [-0.2, -0.15) is 15.0 Å². The lowest BCUT2D eigenvalue weighted by Gasteiger charge is -2.39. The monoisotopic (exact) mass is 581 g/mol. The summed E-state index contributed by atoms with van der Waals surface area (Å²) >= 11 is 0. The molecule has 0 amide bonds. The lowest BCUT2D eigenvalue weighted by atomic mass is 9.82. The minimum atomic E-state index is -4.00. The number of hydrogen-bond donors (Lipinski definition) is 6. The molecule has 0 spiro atoms. The molecular formula is C27H52N9O3P. The summed E-state index contributed by atoms with van der Waals surface area (Å²) in [5.41, 5.74) is 6.03. The van der Waals surface area contributed by atoms with Crippen LogP contribution >= 0.6 is 7.60 Å². The number of nitrogens with one attached hydrogen (secondary N) is 3. The minimum absolute atomic E-state index is 0.123.